The van der Waals surface area contributed by atoms with Gasteiger partial charge in [-0.1, -0.05) is 194 Å². The maximum atomic E-state index is 13.8. The third-order valence-electron chi connectivity index (χ3n) is 17.8. The fraction of sp³-hybridized carbons (Fsp3) is 0.812. The monoisotopic (exact) mass is 1620 g/mol. The lowest BCUT2D eigenvalue weighted by molar-refractivity contribution is -0.124. The summed E-state index contributed by atoms with van der Waals surface area (Å²) in [6.07, 6.45) is 36.6. The molecule has 0 heterocycles. The Morgan fingerprint density at radius 3 is 0.805 bits per heavy atom. The van der Waals surface area contributed by atoms with Crippen LogP contribution < -0.4 is 31.9 Å². The van der Waals surface area contributed by atoms with E-state index in [-0.39, 0.29) is 125 Å². The van der Waals surface area contributed by atoms with E-state index in [2.05, 4.69) is 64.4 Å². The lowest BCUT2D eigenvalue weighted by Gasteiger charge is -2.23. The molecule has 7 amide bonds. The second-order valence-electron chi connectivity index (χ2n) is 28.1. The first-order valence-corrected chi connectivity index (χ1v) is 43.9. The largest absolute Gasteiger partial charge is 0.379 e. The van der Waals surface area contributed by atoms with E-state index < -0.39 is 0 Å². The number of carbonyl (C=O) groups is 7. The molecular formula is C85H152N8O19S. The summed E-state index contributed by atoms with van der Waals surface area (Å²) in [6, 6.07) is 7.26. The van der Waals surface area contributed by atoms with Crippen molar-refractivity contribution in [2.24, 2.45) is 0 Å². The molecule has 0 aromatic heterocycles. The van der Waals surface area contributed by atoms with E-state index in [0.717, 1.165) is 36.2 Å². The molecule has 0 aliphatic carbocycles. The van der Waals surface area contributed by atoms with Gasteiger partial charge in [-0.3, -0.25) is 33.6 Å². The highest BCUT2D eigenvalue weighted by atomic mass is 32.2. The van der Waals surface area contributed by atoms with Gasteiger partial charge in [-0.05, 0) is 30.5 Å². The number of benzene rings is 1. The standard InChI is InChI=1S/C85H152N8O19S/c1-6-8-10-12-14-16-18-20-22-24-26-28-30-32-79(94)87-44-56-105-58-46-91-81(96)38-50-101-54-42-89-83(98)40-52-103-62-66-109-70-72-111-68-64-107-60-48-93(85(100)77-36-34-76(35-37-77)78(74-86-5)113-75(3)4)49-61-108-65-69-112-73-71-110-67-63-104-53-41-84(99)90-43-55-102-51-39-82(97)92-47-59-106-57-45-88-80(95)33-31-29-27-25-23-21-19-17-15-13-11-9-7-2/h34-37,74-75H,6-33,38-73H2,1-4H3,(H,87,94)(H,88,95)(H,89,98)(H,90,99)(H,91,96)(H,92,97). The van der Waals surface area contributed by atoms with E-state index >= 15 is 0 Å². The summed E-state index contributed by atoms with van der Waals surface area (Å²) < 4.78 is 67.4. The van der Waals surface area contributed by atoms with Gasteiger partial charge in [-0.2, -0.15) is 0 Å². The van der Waals surface area contributed by atoms with Crippen LogP contribution in [0.5, 0.6) is 0 Å². The van der Waals surface area contributed by atoms with E-state index in [1.807, 2.05) is 12.1 Å². The number of nitrogens with zero attached hydrogens (tertiary/aromatic N) is 2. The summed E-state index contributed by atoms with van der Waals surface area (Å²) in [5.74, 6) is -0.711. The van der Waals surface area contributed by atoms with Crippen LogP contribution in [-0.2, 0) is 85.6 Å². The molecule has 0 aliphatic rings. The number of thioether (sulfide) groups is 1. The fourth-order valence-corrected chi connectivity index (χ4v) is 12.3. The summed E-state index contributed by atoms with van der Waals surface area (Å²) in [5, 5.41) is 17.2. The van der Waals surface area contributed by atoms with E-state index in [1.54, 1.807) is 28.8 Å². The number of rotatable bonds is 86. The summed E-state index contributed by atoms with van der Waals surface area (Å²) in [4.78, 5) is 92.8. The van der Waals surface area contributed by atoms with Gasteiger partial charge >= 0.3 is 0 Å². The van der Waals surface area contributed by atoms with Gasteiger partial charge < -0.3 is 93.6 Å². The summed E-state index contributed by atoms with van der Waals surface area (Å²) in [5.41, 5.74) is 1.37. The van der Waals surface area contributed by atoms with Crippen molar-refractivity contribution in [3.8, 4) is 0 Å². The first-order valence-electron chi connectivity index (χ1n) is 43.1. The number of hydrogen-bond donors (Lipinski definition) is 6. The van der Waals surface area contributed by atoms with Gasteiger partial charge in [0.05, 0.1) is 165 Å². The van der Waals surface area contributed by atoms with Crippen molar-refractivity contribution in [2.45, 2.75) is 238 Å². The number of amides is 7. The molecule has 6 N–H and O–H groups in total. The van der Waals surface area contributed by atoms with Crippen molar-refractivity contribution < 1.29 is 90.4 Å². The molecule has 0 aliphatic heterocycles. The van der Waals surface area contributed by atoms with Gasteiger partial charge in [0, 0.05) is 107 Å². The molecule has 28 heteroatoms. The Morgan fingerprint density at radius 1 is 0.319 bits per heavy atom. The highest BCUT2D eigenvalue weighted by molar-refractivity contribution is 8.08. The normalized spacial score (nSPS) is 11.5. The van der Waals surface area contributed by atoms with Gasteiger partial charge in [0.2, 0.25) is 35.4 Å². The van der Waals surface area contributed by atoms with Crippen LogP contribution in [0, 0.1) is 6.57 Å². The molecule has 0 saturated heterocycles. The van der Waals surface area contributed by atoms with Crippen molar-refractivity contribution in [1.82, 2.24) is 36.8 Å². The van der Waals surface area contributed by atoms with Gasteiger partial charge in [0.25, 0.3) is 5.91 Å². The van der Waals surface area contributed by atoms with Crippen molar-refractivity contribution in [3.05, 3.63) is 53.0 Å². The second kappa shape index (κ2) is 83.1. The minimum atomic E-state index is -0.180. The van der Waals surface area contributed by atoms with Gasteiger partial charge in [0.15, 0.2) is 6.20 Å². The molecule has 0 atom stereocenters. The van der Waals surface area contributed by atoms with E-state index in [4.69, 9.17) is 63.4 Å². The van der Waals surface area contributed by atoms with Gasteiger partial charge in [0.1, 0.15) is 0 Å². The molecule has 113 heavy (non-hydrogen) atoms. The molecule has 0 bridgehead atoms. The molecule has 652 valence electrons. The lowest BCUT2D eigenvalue weighted by Crippen LogP contribution is -2.37. The molecule has 1 aromatic rings. The first kappa shape index (κ1) is 106. The van der Waals surface area contributed by atoms with Crippen molar-refractivity contribution >= 4 is 58.0 Å². The number of unbranched alkanes of at least 4 members (excludes halogenated alkanes) is 24. The summed E-state index contributed by atoms with van der Waals surface area (Å²) in [6.45, 7) is 26.4. The third-order valence-corrected chi connectivity index (χ3v) is 18.9. The van der Waals surface area contributed by atoms with Gasteiger partial charge in [-0.15, -0.1) is 11.8 Å². The van der Waals surface area contributed by atoms with Crippen LogP contribution in [0.4, 0.5) is 0 Å². The molecule has 0 radical (unpaired) electrons. The zero-order chi connectivity index (χ0) is 81.9. The quantitative estimate of drug-likeness (QED) is 0.0261. The average Bonchev–Trinajstić information content (AvgIpc) is 0.846. The molecule has 0 saturated carbocycles. The third kappa shape index (κ3) is 73.9. The molecule has 0 fully saturated rings. The fourth-order valence-electron chi connectivity index (χ4n) is 11.4. The Morgan fingerprint density at radius 2 is 0.540 bits per heavy atom. The summed E-state index contributed by atoms with van der Waals surface area (Å²) in [7, 11) is 0. The van der Waals surface area contributed by atoms with Gasteiger partial charge in [-0.25, -0.2) is 4.85 Å². The van der Waals surface area contributed by atoms with Crippen LogP contribution in [0.1, 0.15) is 249 Å². The Hall–Kier alpha value is -5.39. The Kier molecular flexibility index (Phi) is 77.7. The predicted octanol–water partition coefficient (Wildman–Crippen LogP) is 11.9. The van der Waals surface area contributed by atoms with E-state index in [0.29, 0.717) is 176 Å². The number of hydrogen-bond acceptors (Lipinski definition) is 20. The SMILES string of the molecule is [C-]#[N+]C=C(SC(C)C)c1ccc(C(=O)N(CCOCCOCCOCCOCCC(=O)NCCOCCC(=O)NCCOCCNC(=O)CCCCCCCCCCCCCCC)CCOCCOCCOCCOCCC(=O)NCCOCCC(=O)NCCOCCNC(=O)CCCCCCCCCCCCCCC)cc1. The van der Waals surface area contributed by atoms with Crippen molar-refractivity contribution in [1.29, 1.82) is 0 Å². The first-order chi connectivity index (χ1) is 55.4. The van der Waals surface area contributed by atoms with Crippen molar-refractivity contribution in [2.75, 3.05) is 211 Å². The average molecular weight is 1620 g/mol. The van der Waals surface area contributed by atoms with Crippen LogP contribution in [0.15, 0.2) is 30.5 Å². The maximum Gasteiger partial charge on any atom is 0.254 e. The van der Waals surface area contributed by atoms with Crippen LogP contribution in [0.25, 0.3) is 9.75 Å². The highest BCUT2D eigenvalue weighted by Crippen LogP contribution is 2.31. The lowest BCUT2D eigenvalue weighted by atomic mass is 10.0. The molecular weight excluding hydrogens is 1470 g/mol. The zero-order valence-electron chi connectivity index (χ0n) is 70.3. The summed E-state index contributed by atoms with van der Waals surface area (Å²) >= 11 is 1.59. The van der Waals surface area contributed by atoms with Crippen LogP contribution in [0.3, 0.4) is 0 Å². The smallest absolute Gasteiger partial charge is 0.254 e. The molecule has 1 aromatic carbocycles. The minimum Gasteiger partial charge on any atom is -0.379 e. The number of carbonyl (C=O) groups excluding carboxylic acids is 7. The topological polar surface area (TPSA) is 310 Å². The van der Waals surface area contributed by atoms with Crippen LogP contribution in [-0.4, -0.2) is 262 Å². The Balaban J connectivity index is 2.08. The Bertz CT molecular complexity index is 2380. The Labute approximate surface area is 684 Å². The number of ether oxygens (including phenoxy) is 12. The molecule has 27 nitrogen and oxygen atoms in total. The molecule has 1 rings (SSSR count). The molecule has 0 spiro atoms. The zero-order valence-corrected chi connectivity index (χ0v) is 71.1. The van der Waals surface area contributed by atoms with Crippen molar-refractivity contribution in [3.63, 3.8) is 0 Å². The van der Waals surface area contributed by atoms with E-state index in [1.165, 1.54) is 147 Å². The molecule has 0 unspecified atom stereocenters. The number of nitrogens with one attached hydrogen (secondary N) is 6. The highest BCUT2D eigenvalue weighted by Gasteiger charge is 2.18. The second-order valence-corrected chi connectivity index (χ2v) is 29.7. The van der Waals surface area contributed by atoms with Crippen LogP contribution in [0.2, 0.25) is 0 Å². The predicted molar refractivity (Wildman–Crippen MR) is 447 cm³/mol. The maximum absolute atomic E-state index is 13.8. The minimum absolute atomic E-state index is 0.0562. The van der Waals surface area contributed by atoms with Crippen LogP contribution >= 0.6 is 11.8 Å². The van der Waals surface area contributed by atoms with E-state index in [9.17, 15) is 33.6 Å².